The van der Waals surface area contributed by atoms with Gasteiger partial charge in [-0.3, -0.25) is 4.79 Å². The molecule has 2 heterocycles. The number of aliphatic carboxylic acids is 1. The zero-order valence-corrected chi connectivity index (χ0v) is 14.0. The van der Waals surface area contributed by atoms with E-state index >= 15 is 0 Å². The van der Waals surface area contributed by atoms with Crippen LogP contribution in [0.25, 0.3) is 10.7 Å². The van der Waals surface area contributed by atoms with Crippen LogP contribution >= 0.6 is 43.2 Å². The molecule has 0 spiro atoms. The molecule has 2 atom stereocenters. The van der Waals surface area contributed by atoms with Crippen LogP contribution in [-0.4, -0.2) is 31.3 Å². The molecule has 102 valence electrons. The lowest BCUT2D eigenvalue weighted by Gasteiger charge is -2.16. The number of nitrogens with zero attached hydrogens (tertiary/aromatic N) is 4. The number of tetrazole rings is 1. The summed E-state index contributed by atoms with van der Waals surface area (Å²) in [4.78, 5) is 11.9. The Morgan fingerprint density at radius 3 is 2.68 bits per heavy atom. The summed E-state index contributed by atoms with van der Waals surface area (Å²) in [5.41, 5.74) is 0. The molecule has 0 saturated heterocycles. The molecule has 2 rings (SSSR count). The summed E-state index contributed by atoms with van der Waals surface area (Å²) >= 11 is 8.30. The Labute approximate surface area is 130 Å². The van der Waals surface area contributed by atoms with Crippen LogP contribution in [0.4, 0.5) is 0 Å². The molecule has 2 unspecified atom stereocenters. The Kier molecular flexibility index (Phi) is 4.36. The highest BCUT2D eigenvalue weighted by molar-refractivity contribution is 9.13. The molecule has 0 aliphatic rings. The number of hydrogen-bond acceptors (Lipinski definition) is 5. The van der Waals surface area contributed by atoms with Crippen LogP contribution in [0, 0.1) is 5.92 Å². The minimum Gasteiger partial charge on any atom is -0.481 e. The standard InChI is InChI=1S/C10H10Br2N4O2S/c1-4(10(17)18)5(2)16-9(13-14-15-16)7-3-6(11)8(12)19-7/h3-5H,1-2H3,(H,17,18). The maximum absolute atomic E-state index is 11.0. The summed E-state index contributed by atoms with van der Waals surface area (Å²) in [5.74, 6) is -0.881. The van der Waals surface area contributed by atoms with Crippen LogP contribution < -0.4 is 0 Å². The Bertz CT molecular complexity index is 593. The molecule has 9 heteroatoms. The zero-order chi connectivity index (χ0) is 14.2. The van der Waals surface area contributed by atoms with Gasteiger partial charge in [0.1, 0.15) is 0 Å². The lowest BCUT2D eigenvalue weighted by atomic mass is 10.0. The van der Waals surface area contributed by atoms with Crippen molar-refractivity contribution in [2.75, 3.05) is 0 Å². The molecular formula is C10H10Br2N4O2S. The minimum atomic E-state index is -0.873. The van der Waals surface area contributed by atoms with Crippen molar-refractivity contribution >= 4 is 49.2 Å². The van der Waals surface area contributed by atoms with Gasteiger partial charge in [-0.1, -0.05) is 0 Å². The summed E-state index contributed by atoms with van der Waals surface area (Å²) in [6.07, 6.45) is 0. The zero-order valence-electron chi connectivity index (χ0n) is 10.0. The SMILES string of the molecule is CC(C(=O)O)C(C)n1nnnc1-c1cc(Br)c(Br)s1. The van der Waals surface area contributed by atoms with Gasteiger partial charge in [0.25, 0.3) is 0 Å². The van der Waals surface area contributed by atoms with Crippen molar-refractivity contribution in [3.05, 3.63) is 14.3 Å². The van der Waals surface area contributed by atoms with E-state index in [-0.39, 0.29) is 6.04 Å². The second kappa shape index (κ2) is 5.68. The first-order valence-corrected chi connectivity index (χ1v) is 7.78. The average Bonchev–Trinajstić information content (AvgIpc) is 2.95. The second-order valence-electron chi connectivity index (χ2n) is 4.05. The summed E-state index contributed by atoms with van der Waals surface area (Å²) in [7, 11) is 0. The Hall–Kier alpha value is -0.800. The average molecular weight is 410 g/mol. The predicted octanol–water partition coefficient (Wildman–Crippen LogP) is 3.21. The van der Waals surface area contributed by atoms with Gasteiger partial charge in [-0.15, -0.1) is 16.4 Å². The van der Waals surface area contributed by atoms with E-state index < -0.39 is 11.9 Å². The van der Waals surface area contributed by atoms with E-state index in [4.69, 9.17) is 5.11 Å². The van der Waals surface area contributed by atoms with Gasteiger partial charge >= 0.3 is 5.97 Å². The van der Waals surface area contributed by atoms with Crippen molar-refractivity contribution in [1.82, 2.24) is 20.2 Å². The number of aromatic nitrogens is 4. The molecule has 1 N–H and O–H groups in total. The van der Waals surface area contributed by atoms with Crippen LogP contribution in [0.5, 0.6) is 0 Å². The molecule has 19 heavy (non-hydrogen) atoms. The molecule has 2 aromatic rings. The third kappa shape index (κ3) is 2.87. The van der Waals surface area contributed by atoms with Crippen molar-refractivity contribution in [3.8, 4) is 10.7 Å². The number of thiophene rings is 1. The highest BCUT2D eigenvalue weighted by Crippen LogP contribution is 2.38. The number of halogens is 2. The number of carbonyl (C=O) groups is 1. The van der Waals surface area contributed by atoms with Crippen molar-refractivity contribution < 1.29 is 9.90 Å². The Morgan fingerprint density at radius 1 is 1.47 bits per heavy atom. The largest absolute Gasteiger partial charge is 0.481 e. The maximum Gasteiger partial charge on any atom is 0.308 e. The van der Waals surface area contributed by atoms with Gasteiger partial charge in [0, 0.05) is 4.47 Å². The Morgan fingerprint density at radius 2 is 2.16 bits per heavy atom. The number of hydrogen-bond donors (Lipinski definition) is 1. The monoisotopic (exact) mass is 408 g/mol. The van der Waals surface area contributed by atoms with Crippen molar-refractivity contribution in [2.45, 2.75) is 19.9 Å². The van der Waals surface area contributed by atoms with Crippen molar-refractivity contribution in [1.29, 1.82) is 0 Å². The van der Waals surface area contributed by atoms with Gasteiger partial charge in [0.05, 0.1) is 20.6 Å². The normalized spacial score (nSPS) is 14.3. The van der Waals surface area contributed by atoms with Gasteiger partial charge in [0.2, 0.25) is 0 Å². The molecule has 0 saturated carbocycles. The number of carboxylic acids is 1. The molecular weight excluding hydrogens is 400 g/mol. The lowest BCUT2D eigenvalue weighted by Crippen LogP contribution is -2.23. The highest BCUT2D eigenvalue weighted by Gasteiger charge is 2.25. The predicted molar refractivity (Wildman–Crippen MR) is 78.0 cm³/mol. The van der Waals surface area contributed by atoms with E-state index in [1.807, 2.05) is 6.07 Å². The van der Waals surface area contributed by atoms with Gasteiger partial charge in [-0.2, -0.15) is 0 Å². The van der Waals surface area contributed by atoms with E-state index in [2.05, 4.69) is 47.4 Å². The van der Waals surface area contributed by atoms with Gasteiger partial charge < -0.3 is 5.11 Å². The first kappa shape index (κ1) is 14.6. The van der Waals surface area contributed by atoms with Crippen LogP contribution in [0.3, 0.4) is 0 Å². The minimum absolute atomic E-state index is 0.331. The third-order valence-corrected chi connectivity index (χ3v) is 6.11. The number of rotatable bonds is 4. The fourth-order valence-electron chi connectivity index (χ4n) is 1.51. The molecule has 0 aliphatic heterocycles. The van der Waals surface area contributed by atoms with E-state index in [9.17, 15) is 4.79 Å². The van der Waals surface area contributed by atoms with Gasteiger partial charge in [-0.05, 0) is 62.2 Å². The van der Waals surface area contributed by atoms with Gasteiger partial charge in [0.15, 0.2) is 5.82 Å². The third-order valence-electron chi connectivity index (χ3n) is 2.86. The Balaban J connectivity index is 2.40. The fraction of sp³-hybridized carbons (Fsp3) is 0.400. The quantitative estimate of drug-likeness (QED) is 0.838. The van der Waals surface area contributed by atoms with E-state index in [0.29, 0.717) is 5.82 Å². The van der Waals surface area contributed by atoms with Gasteiger partial charge in [-0.25, -0.2) is 4.68 Å². The van der Waals surface area contributed by atoms with E-state index in [1.54, 1.807) is 18.5 Å². The summed E-state index contributed by atoms with van der Waals surface area (Å²) in [6.45, 7) is 3.43. The van der Waals surface area contributed by atoms with E-state index in [1.165, 1.54) is 11.3 Å². The summed E-state index contributed by atoms with van der Waals surface area (Å²) in [5, 5.41) is 20.6. The molecule has 2 aromatic heterocycles. The van der Waals surface area contributed by atoms with Crippen LogP contribution in [0.2, 0.25) is 0 Å². The second-order valence-corrected chi connectivity index (χ2v) is 7.27. The topological polar surface area (TPSA) is 80.9 Å². The lowest BCUT2D eigenvalue weighted by molar-refractivity contribution is -0.142. The summed E-state index contributed by atoms with van der Waals surface area (Å²) in [6, 6.07) is 1.57. The molecule has 0 aromatic carbocycles. The highest BCUT2D eigenvalue weighted by atomic mass is 79.9. The molecule has 0 amide bonds. The molecule has 0 bridgehead atoms. The van der Waals surface area contributed by atoms with Crippen LogP contribution in [-0.2, 0) is 4.79 Å². The van der Waals surface area contributed by atoms with Crippen LogP contribution in [0.1, 0.15) is 19.9 Å². The van der Waals surface area contributed by atoms with Crippen LogP contribution in [0.15, 0.2) is 14.3 Å². The van der Waals surface area contributed by atoms with Crippen molar-refractivity contribution in [3.63, 3.8) is 0 Å². The first-order chi connectivity index (χ1) is 8.91. The summed E-state index contributed by atoms with van der Waals surface area (Å²) < 4.78 is 3.40. The molecule has 0 aliphatic carbocycles. The first-order valence-electron chi connectivity index (χ1n) is 5.37. The fourth-order valence-corrected chi connectivity index (χ4v) is 3.52. The smallest absolute Gasteiger partial charge is 0.308 e. The molecule has 0 radical (unpaired) electrons. The maximum atomic E-state index is 11.0. The molecule has 6 nitrogen and oxygen atoms in total. The number of carboxylic acid groups (broad SMARTS) is 1. The molecule has 0 fully saturated rings. The van der Waals surface area contributed by atoms with Crippen molar-refractivity contribution in [2.24, 2.45) is 5.92 Å². The van der Waals surface area contributed by atoms with E-state index in [0.717, 1.165) is 13.1 Å².